The Bertz CT molecular complexity index is 487. The summed E-state index contributed by atoms with van der Waals surface area (Å²) in [6.45, 7) is 1.02. The molecule has 1 atom stereocenters. The highest BCUT2D eigenvalue weighted by molar-refractivity contribution is 5.51. The predicted molar refractivity (Wildman–Crippen MR) is 64.6 cm³/mol. The summed E-state index contributed by atoms with van der Waals surface area (Å²) in [5.74, 6) is 1.66. The molecule has 2 aromatic rings. The fraction of sp³-hybridized carbons (Fsp3) is 0.308. The molecule has 0 saturated heterocycles. The van der Waals surface area contributed by atoms with E-state index in [-0.39, 0.29) is 0 Å². The molecule has 1 aliphatic heterocycles. The summed E-state index contributed by atoms with van der Waals surface area (Å²) in [5.41, 5.74) is 2.71. The van der Waals surface area contributed by atoms with E-state index < -0.39 is 0 Å². The quantitative estimate of drug-likeness (QED) is 0.788. The lowest BCUT2D eigenvalue weighted by atomic mass is 9.88. The van der Waals surface area contributed by atoms with Gasteiger partial charge in [-0.1, -0.05) is 30.3 Å². The van der Waals surface area contributed by atoms with Gasteiger partial charge in [0.15, 0.2) is 0 Å². The summed E-state index contributed by atoms with van der Waals surface area (Å²) >= 11 is 0. The summed E-state index contributed by atoms with van der Waals surface area (Å²) in [5, 5.41) is 7.74. The van der Waals surface area contributed by atoms with Gasteiger partial charge in [-0.05, 0) is 12.0 Å². The van der Waals surface area contributed by atoms with Crippen LogP contribution in [-0.4, -0.2) is 16.3 Å². The van der Waals surface area contributed by atoms with Gasteiger partial charge in [0.25, 0.3) is 0 Å². The summed E-state index contributed by atoms with van der Waals surface area (Å²) in [7, 11) is 1.99. The average Bonchev–Trinajstić information content (AvgIpc) is 2.73. The van der Waals surface area contributed by atoms with E-state index in [1.54, 1.807) is 0 Å². The first-order chi connectivity index (χ1) is 7.86. The Balaban J connectivity index is 2.05. The van der Waals surface area contributed by atoms with Crippen LogP contribution >= 0.6 is 0 Å². The molecule has 82 valence electrons. The van der Waals surface area contributed by atoms with E-state index in [4.69, 9.17) is 0 Å². The molecule has 1 unspecified atom stereocenters. The molecular weight excluding hydrogens is 198 g/mol. The monoisotopic (exact) mass is 213 g/mol. The first kappa shape index (κ1) is 9.46. The number of nitrogens with one attached hydrogen (secondary N) is 1. The summed E-state index contributed by atoms with van der Waals surface area (Å²) in [4.78, 5) is 0. The Morgan fingerprint density at radius 3 is 2.94 bits per heavy atom. The number of aromatic nitrogens is 2. The van der Waals surface area contributed by atoms with Crippen molar-refractivity contribution in [3.8, 4) is 0 Å². The van der Waals surface area contributed by atoms with Crippen LogP contribution in [0.2, 0.25) is 0 Å². The molecule has 3 heteroatoms. The van der Waals surface area contributed by atoms with Crippen LogP contribution < -0.4 is 5.32 Å². The number of benzene rings is 1. The minimum absolute atomic E-state index is 0.492. The maximum Gasteiger partial charge on any atom is 0.127 e. The molecule has 3 nitrogen and oxygen atoms in total. The van der Waals surface area contributed by atoms with Crippen molar-refractivity contribution >= 4 is 5.82 Å². The van der Waals surface area contributed by atoms with Crippen molar-refractivity contribution in [2.45, 2.75) is 12.3 Å². The number of hydrogen-bond donors (Lipinski definition) is 1. The molecule has 0 saturated carbocycles. The first-order valence-corrected chi connectivity index (χ1v) is 5.67. The zero-order chi connectivity index (χ0) is 11.0. The van der Waals surface area contributed by atoms with E-state index in [0.29, 0.717) is 5.92 Å². The number of anilines is 1. The van der Waals surface area contributed by atoms with E-state index in [9.17, 15) is 0 Å². The molecule has 0 spiro atoms. The third-order valence-electron chi connectivity index (χ3n) is 3.27. The molecule has 0 amide bonds. The van der Waals surface area contributed by atoms with Crippen LogP contribution in [0.25, 0.3) is 0 Å². The molecule has 2 heterocycles. The zero-order valence-electron chi connectivity index (χ0n) is 9.35. The third-order valence-corrected chi connectivity index (χ3v) is 3.27. The summed E-state index contributed by atoms with van der Waals surface area (Å²) < 4.78 is 1.92. The lowest BCUT2D eigenvalue weighted by Gasteiger charge is -2.24. The van der Waals surface area contributed by atoms with Gasteiger partial charge < -0.3 is 5.32 Å². The van der Waals surface area contributed by atoms with Crippen LogP contribution in [0.15, 0.2) is 36.5 Å². The smallest absolute Gasteiger partial charge is 0.127 e. The van der Waals surface area contributed by atoms with Gasteiger partial charge in [0.1, 0.15) is 5.82 Å². The second kappa shape index (κ2) is 3.67. The summed E-state index contributed by atoms with van der Waals surface area (Å²) in [6, 6.07) is 10.7. The van der Waals surface area contributed by atoms with Crippen LogP contribution in [0.1, 0.15) is 23.5 Å². The van der Waals surface area contributed by atoms with E-state index >= 15 is 0 Å². The second-order valence-corrected chi connectivity index (χ2v) is 4.25. The van der Waals surface area contributed by atoms with Crippen LogP contribution in [0, 0.1) is 0 Å². The number of nitrogens with zero attached hydrogens (tertiary/aromatic N) is 2. The van der Waals surface area contributed by atoms with Crippen molar-refractivity contribution in [1.82, 2.24) is 9.78 Å². The molecule has 1 aliphatic rings. The Morgan fingerprint density at radius 1 is 1.31 bits per heavy atom. The fourth-order valence-electron chi connectivity index (χ4n) is 2.45. The van der Waals surface area contributed by atoms with Crippen molar-refractivity contribution < 1.29 is 0 Å². The lowest BCUT2D eigenvalue weighted by molar-refractivity contribution is 0.699. The lowest BCUT2D eigenvalue weighted by Crippen LogP contribution is -2.18. The largest absolute Gasteiger partial charge is 0.370 e. The highest BCUT2D eigenvalue weighted by Crippen LogP contribution is 2.35. The molecular formula is C13H15N3. The first-order valence-electron chi connectivity index (χ1n) is 5.67. The third kappa shape index (κ3) is 1.40. The highest BCUT2D eigenvalue weighted by Gasteiger charge is 2.24. The van der Waals surface area contributed by atoms with Crippen LogP contribution in [0.5, 0.6) is 0 Å². The standard InChI is InChI=1S/C13H15N3/c1-16-13-12(9-15-16)11(7-8-14-13)10-5-3-2-4-6-10/h2-6,9,11,14H,7-8H2,1H3. The van der Waals surface area contributed by atoms with Gasteiger partial charge in [-0.15, -0.1) is 0 Å². The van der Waals surface area contributed by atoms with Crippen molar-refractivity contribution in [1.29, 1.82) is 0 Å². The van der Waals surface area contributed by atoms with E-state index in [2.05, 4.69) is 40.7 Å². The Morgan fingerprint density at radius 2 is 2.12 bits per heavy atom. The highest BCUT2D eigenvalue weighted by atomic mass is 15.3. The topological polar surface area (TPSA) is 29.9 Å². The molecule has 0 aliphatic carbocycles. The van der Waals surface area contributed by atoms with Crippen LogP contribution in [0.4, 0.5) is 5.82 Å². The maximum atomic E-state index is 4.33. The molecule has 3 rings (SSSR count). The maximum absolute atomic E-state index is 4.33. The molecule has 1 aromatic heterocycles. The fourth-order valence-corrected chi connectivity index (χ4v) is 2.45. The minimum atomic E-state index is 0.492. The van der Waals surface area contributed by atoms with Crippen LogP contribution in [0.3, 0.4) is 0 Å². The Hall–Kier alpha value is -1.77. The molecule has 0 bridgehead atoms. The van der Waals surface area contributed by atoms with Gasteiger partial charge in [0, 0.05) is 25.1 Å². The average molecular weight is 213 g/mol. The number of rotatable bonds is 1. The van der Waals surface area contributed by atoms with Gasteiger partial charge in [0.2, 0.25) is 0 Å². The predicted octanol–water partition coefficient (Wildman–Crippen LogP) is 2.37. The van der Waals surface area contributed by atoms with Crippen molar-refractivity contribution in [3.05, 3.63) is 47.7 Å². The van der Waals surface area contributed by atoms with E-state index in [1.807, 2.05) is 17.9 Å². The second-order valence-electron chi connectivity index (χ2n) is 4.25. The molecule has 1 aromatic carbocycles. The van der Waals surface area contributed by atoms with E-state index in [0.717, 1.165) is 13.0 Å². The molecule has 1 N–H and O–H groups in total. The van der Waals surface area contributed by atoms with Gasteiger partial charge in [-0.3, -0.25) is 4.68 Å². The van der Waals surface area contributed by atoms with Gasteiger partial charge in [-0.2, -0.15) is 5.10 Å². The van der Waals surface area contributed by atoms with Gasteiger partial charge >= 0.3 is 0 Å². The van der Waals surface area contributed by atoms with Gasteiger partial charge in [0.05, 0.1) is 6.20 Å². The van der Waals surface area contributed by atoms with Crippen molar-refractivity contribution in [2.75, 3.05) is 11.9 Å². The minimum Gasteiger partial charge on any atom is -0.370 e. The number of hydrogen-bond acceptors (Lipinski definition) is 2. The van der Waals surface area contributed by atoms with Crippen molar-refractivity contribution in [3.63, 3.8) is 0 Å². The molecule has 0 fully saturated rings. The molecule has 16 heavy (non-hydrogen) atoms. The van der Waals surface area contributed by atoms with Crippen LogP contribution in [-0.2, 0) is 7.05 Å². The van der Waals surface area contributed by atoms with Gasteiger partial charge in [-0.25, -0.2) is 0 Å². The van der Waals surface area contributed by atoms with Crippen molar-refractivity contribution in [2.24, 2.45) is 7.05 Å². The normalized spacial score (nSPS) is 18.9. The molecule has 0 radical (unpaired) electrons. The van der Waals surface area contributed by atoms with E-state index in [1.165, 1.54) is 16.9 Å². The number of aryl methyl sites for hydroxylation is 1. The number of fused-ring (bicyclic) bond motifs is 1. The Kier molecular flexibility index (Phi) is 2.17. The Labute approximate surface area is 95.1 Å². The summed E-state index contributed by atoms with van der Waals surface area (Å²) in [6.07, 6.45) is 3.13. The zero-order valence-corrected chi connectivity index (χ0v) is 9.35. The SMILES string of the molecule is Cn1ncc2c1NCCC2c1ccccc1.